The first-order chi connectivity index (χ1) is 15.1. The maximum Gasteiger partial charge on any atom is 0.239 e. The molecular formula is C23H42N6O2. The number of aliphatic imine (C=N–C) groups is 1. The van der Waals surface area contributed by atoms with E-state index < -0.39 is 0 Å². The van der Waals surface area contributed by atoms with Crippen LogP contribution in [0.1, 0.15) is 58.8 Å². The summed E-state index contributed by atoms with van der Waals surface area (Å²) in [5.41, 5.74) is 0. The second-order valence-electron chi connectivity index (χ2n) is 9.01. The van der Waals surface area contributed by atoms with Crippen LogP contribution < -0.4 is 5.32 Å². The third kappa shape index (κ3) is 6.82. The van der Waals surface area contributed by atoms with Gasteiger partial charge in [0.2, 0.25) is 11.8 Å². The molecule has 0 saturated carbocycles. The molecule has 8 nitrogen and oxygen atoms in total. The van der Waals surface area contributed by atoms with Crippen molar-refractivity contribution in [2.45, 2.75) is 64.8 Å². The highest BCUT2D eigenvalue weighted by Crippen LogP contribution is 2.14. The van der Waals surface area contributed by atoms with Gasteiger partial charge in [-0.05, 0) is 46.0 Å². The van der Waals surface area contributed by atoms with E-state index in [2.05, 4.69) is 29.0 Å². The van der Waals surface area contributed by atoms with Gasteiger partial charge < -0.3 is 20.0 Å². The molecule has 2 amide bonds. The van der Waals surface area contributed by atoms with Gasteiger partial charge in [-0.1, -0.05) is 6.42 Å². The van der Waals surface area contributed by atoms with E-state index in [-0.39, 0.29) is 11.9 Å². The van der Waals surface area contributed by atoms with Crippen molar-refractivity contribution in [3.63, 3.8) is 0 Å². The number of carbonyl (C=O) groups excluding carboxylic acids is 2. The molecule has 1 N–H and O–H groups in total. The molecule has 0 aromatic carbocycles. The first-order valence-corrected chi connectivity index (χ1v) is 12.4. The molecule has 176 valence electrons. The van der Waals surface area contributed by atoms with Crippen molar-refractivity contribution < 1.29 is 9.59 Å². The number of piperazine rings is 1. The number of hydrogen-bond donors (Lipinski definition) is 1. The van der Waals surface area contributed by atoms with Crippen LogP contribution in [0.2, 0.25) is 0 Å². The first kappa shape index (κ1) is 23.8. The summed E-state index contributed by atoms with van der Waals surface area (Å²) in [6.45, 7) is 12.8. The lowest BCUT2D eigenvalue weighted by Crippen LogP contribution is -2.57. The molecular weight excluding hydrogens is 392 g/mol. The van der Waals surface area contributed by atoms with E-state index in [0.29, 0.717) is 12.3 Å². The Morgan fingerprint density at radius 1 is 0.968 bits per heavy atom. The van der Waals surface area contributed by atoms with Gasteiger partial charge in [0.15, 0.2) is 5.96 Å². The van der Waals surface area contributed by atoms with E-state index in [1.165, 1.54) is 6.42 Å². The average molecular weight is 435 g/mol. The first-order valence-electron chi connectivity index (χ1n) is 12.4. The molecule has 0 spiro atoms. The number of carbonyl (C=O) groups is 2. The molecule has 8 heteroatoms. The Kier molecular flexibility index (Phi) is 9.43. The third-order valence-electron chi connectivity index (χ3n) is 6.79. The number of likely N-dealkylation sites (tertiary alicyclic amines) is 2. The van der Waals surface area contributed by atoms with Crippen molar-refractivity contribution >= 4 is 17.8 Å². The Morgan fingerprint density at radius 2 is 1.68 bits per heavy atom. The summed E-state index contributed by atoms with van der Waals surface area (Å²) in [5.74, 6) is 1.56. The number of rotatable bonds is 7. The molecule has 1 unspecified atom stereocenters. The van der Waals surface area contributed by atoms with Crippen LogP contribution in [-0.4, -0.2) is 109 Å². The predicted molar refractivity (Wildman–Crippen MR) is 124 cm³/mol. The van der Waals surface area contributed by atoms with Crippen molar-refractivity contribution in [1.29, 1.82) is 0 Å². The topological polar surface area (TPSA) is 71.5 Å². The van der Waals surface area contributed by atoms with E-state index >= 15 is 0 Å². The molecule has 0 aromatic heterocycles. The van der Waals surface area contributed by atoms with E-state index in [1.54, 1.807) is 0 Å². The lowest BCUT2D eigenvalue weighted by Gasteiger charge is -2.39. The lowest BCUT2D eigenvalue weighted by atomic mass is 10.2. The Morgan fingerprint density at radius 3 is 2.39 bits per heavy atom. The minimum absolute atomic E-state index is 0.0362. The van der Waals surface area contributed by atoms with Crippen LogP contribution in [0.3, 0.4) is 0 Å². The predicted octanol–water partition coefficient (Wildman–Crippen LogP) is 1.37. The molecule has 3 heterocycles. The van der Waals surface area contributed by atoms with Gasteiger partial charge in [-0.25, -0.2) is 0 Å². The maximum absolute atomic E-state index is 12.7. The second kappa shape index (κ2) is 12.3. The normalized spacial score (nSPS) is 22.6. The van der Waals surface area contributed by atoms with Crippen molar-refractivity contribution in [2.24, 2.45) is 4.99 Å². The van der Waals surface area contributed by atoms with Gasteiger partial charge in [0.1, 0.15) is 0 Å². The summed E-state index contributed by atoms with van der Waals surface area (Å²) in [4.78, 5) is 38.4. The van der Waals surface area contributed by atoms with Gasteiger partial charge >= 0.3 is 0 Å². The Balaban J connectivity index is 1.44. The van der Waals surface area contributed by atoms with Crippen LogP contribution in [0.25, 0.3) is 0 Å². The van der Waals surface area contributed by atoms with Gasteiger partial charge in [0.25, 0.3) is 0 Å². The summed E-state index contributed by atoms with van der Waals surface area (Å²) in [7, 11) is 0. The Bertz CT molecular complexity index is 611. The molecule has 0 radical (unpaired) electrons. The maximum atomic E-state index is 12.7. The molecule has 0 aliphatic carbocycles. The van der Waals surface area contributed by atoms with Crippen LogP contribution in [-0.2, 0) is 9.59 Å². The number of guanidine groups is 1. The highest BCUT2D eigenvalue weighted by molar-refractivity contribution is 5.82. The van der Waals surface area contributed by atoms with Crippen LogP contribution in [0.15, 0.2) is 4.99 Å². The van der Waals surface area contributed by atoms with Crippen LogP contribution >= 0.6 is 0 Å². The smallest absolute Gasteiger partial charge is 0.239 e. The van der Waals surface area contributed by atoms with Gasteiger partial charge in [-0.3, -0.25) is 19.5 Å². The standard InChI is InChI=1S/C23H42N6O2/c1-3-24-23(25-11-9-15-27-12-6-4-5-10-21(27)30)29-18-16-26(17-19-29)20(2)22(31)28-13-7-8-14-28/h20H,3-19H2,1-2H3,(H,24,25). The number of nitrogens with one attached hydrogen (secondary N) is 1. The minimum Gasteiger partial charge on any atom is -0.357 e. The van der Waals surface area contributed by atoms with Gasteiger partial charge in [0, 0.05) is 71.9 Å². The average Bonchev–Trinajstić information content (AvgIpc) is 3.25. The van der Waals surface area contributed by atoms with Crippen molar-refractivity contribution in [1.82, 2.24) is 24.9 Å². The van der Waals surface area contributed by atoms with E-state index in [1.807, 2.05) is 9.80 Å². The molecule has 3 fully saturated rings. The lowest BCUT2D eigenvalue weighted by molar-refractivity contribution is -0.135. The zero-order valence-corrected chi connectivity index (χ0v) is 19.7. The minimum atomic E-state index is -0.0362. The van der Waals surface area contributed by atoms with Gasteiger partial charge in [0.05, 0.1) is 6.04 Å². The third-order valence-corrected chi connectivity index (χ3v) is 6.79. The van der Waals surface area contributed by atoms with Crippen molar-refractivity contribution in [3.8, 4) is 0 Å². The van der Waals surface area contributed by atoms with E-state index in [9.17, 15) is 9.59 Å². The number of hydrogen-bond acceptors (Lipinski definition) is 4. The highest BCUT2D eigenvalue weighted by Gasteiger charge is 2.30. The van der Waals surface area contributed by atoms with Crippen LogP contribution in [0.4, 0.5) is 0 Å². The fraction of sp³-hybridized carbons (Fsp3) is 0.870. The SMILES string of the molecule is CCNC(=NCCCN1CCCCCC1=O)N1CCN(C(C)C(=O)N2CCCC2)CC1. The molecule has 31 heavy (non-hydrogen) atoms. The fourth-order valence-electron chi connectivity index (χ4n) is 4.83. The molecule has 3 aliphatic rings. The fourth-order valence-corrected chi connectivity index (χ4v) is 4.83. The number of amides is 2. The highest BCUT2D eigenvalue weighted by atomic mass is 16.2. The second-order valence-corrected chi connectivity index (χ2v) is 9.01. The zero-order chi connectivity index (χ0) is 22.1. The molecule has 3 aliphatic heterocycles. The van der Waals surface area contributed by atoms with Crippen LogP contribution in [0, 0.1) is 0 Å². The quantitative estimate of drug-likeness (QED) is 0.372. The summed E-state index contributed by atoms with van der Waals surface area (Å²) in [5, 5.41) is 3.42. The van der Waals surface area contributed by atoms with Gasteiger partial charge in [-0.2, -0.15) is 0 Å². The van der Waals surface area contributed by atoms with Crippen LogP contribution in [0.5, 0.6) is 0 Å². The summed E-state index contributed by atoms with van der Waals surface area (Å²) >= 11 is 0. The van der Waals surface area contributed by atoms with Crippen molar-refractivity contribution in [3.05, 3.63) is 0 Å². The van der Waals surface area contributed by atoms with Gasteiger partial charge in [-0.15, -0.1) is 0 Å². The summed E-state index contributed by atoms with van der Waals surface area (Å²) in [6, 6.07) is -0.0362. The Hall–Kier alpha value is -1.83. The molecule has 3 saturated heterocycles. The largest absolute Gasteiger partial charge is 0.357 e. The monoisotopic (exact) mass is 434 g/mol. The molecule has 3 rings (SSSR count). The summed E-state index contributed by atoms with van der Waals surface area (Å²) < 4.78 is 0. The van der Waals surface area contributed by atoms with E-state index in [0.717, 1.165) is 104 Å². The number of nitrogens with zero attached hydrogens (tertiary/aromatic N) is 5. The Labute approximate surface area is 188 Å². The molecule has 0 bridgehead atoms. The van der Waals surface area contributed by atoms with Crippen molar-refractivity contribution in [2.75, 3.05) is 65.4 Å². The molecule has 0 aromatic rings. The molecule has 1 atom stereocenters. The summed E-state index contributed by atoms with van der Waals surface area (Å²) in [6.07, 6.45) is 7.21. The zero-order valence-electron chi connectivity index (χ0n) is 19.7. The van der Waals surface area contributed by atoms with E-state index in [4.69, 9.17) is 4.99 Å².